The molecule has 2 heteroatoms. The lowest BCUT2D eigenvalue weighted by atomic mass is 10.9. The van der Waals surface area contributed by atoms with E-state index in [1.807, 2.05) is 0 Å². The molecular weight excluding hydrogens is 110 g/mol. The van der Waals surface area contributed by atoms with Crippen molar-refractivity contribution in [2.75, 3.05) is 24.6 Å². The van der Waals surface area contributed by atoms with Gasteiger partial charge < -0.3 is 0 Å². The van der Waals surface area contributed by atoms with E-state index in [4.69, 9.17) is 0 Å². The first-order valence-corrected chi connectivity index (χ1v) is 5.57. The Labute approximate surface area is 42.7 Å². The summed E-state index contributed by atoms with van der Waals surface area (Å²) in [7, 11) is 2.23. The van der Waals surface area contributed by atoms with Crippen LogP contribution in [0.5, 0.6) is 0 Å². The first-order valence-electron chi connectivity index (χ1n) is 2.52. The van der Waals surface area contributed by atoms with Crippen molar-refractivity contribution >= 4 is 17.2 Å². The summed E-state index contributed by atoms with van der Waals surface area (Å²) in [5, 5.41) is 0. The summed E-state index contributed by atoms with van der Waals surface area (Å²) in [6, 6.07) is 0. The summed E-state index contributed by atoms with van der Waals surface area (Å²) < 4.78 is 0. The molecule has 1 fully saturated rings. The van der Waals surface area contributed by atoms with Gasteiger partial charge in [-0.2, -0.15) is 0 Å². The third-order valence-electron chi connectivity index (χ3n) is 1.05. The van der Waals surface area contributed by atoms with Gasteiger partial charge in [0.1, 0.15) is 0 Å². The van der Waals surface area contributed by atoms with Crippen molar-refractivity contribution in [3.8, 4) is 0 Å². The van der Waals surface area contributed by atoms with Crippen molar-refractivity contribution in [1.82, 2.24) is 0 Å². The molecule has 0 N–H and O–H groups in total. The average Bonchev–Trinajstić information content (AvgIpc) is 1.72. The van der Waals surface area contributed by atoms with E-state index in [1.165, 1.54) is 8.58 Å². The maximum atomic E-state index is 1.60. The molecule has 0 unspecified atom stereocenters. The Balaban J connectivity index is 2.00. The fourth-order valence-corrected chi connectivity index (χ4v) is 4.48. The van der Waals surface area contributed by atoms with Gasteiger partial charge in [0.2, 0.25) is 0 Å². The molecular formula is C4H11P2+. The molecule has 0 radical (unpaired) electrons. The smallest absolute Gasteiger partial charge is 0.0586 e. The second-order valence-electron chi connectivity index (χ2n) is 1.62. The molecule has 0 aromatic heterocycles. The molecule has 1 rings (SSSR count). The minimum Gasteiger partial charge on any atom is -0.115 e. The predicted octanol–water partition coefficient (Wildman–Crippen LogP) is 1.09. The summed E-state index contributed by atoms with van der Waals surface area (Å²) in [5.74, 6) is 0. The highest BCUT2D eigenvalue weighted by Gasteiger charge is 2.00. The van der Waals surface area contributed by atoms with Crippen LogP contribution in [0, 0.1) is 0 Å². The molecule has 0 aliphatic carbocycles. The summed E-state index contributed by atoms with van der Waals surface area (Å²) in [5.41, 5.74) is 0. The van der Waals surface area contributed by atoms with Crippen LogP contribution in [0.1, 0.15) is 0 Å². The summed E-state index contributed by atoms with van der Waals surface area (Å²) in [6.45, 7) is 0. The van der Waals surface area contributed by atoms with Crippen LogP contribution in [-0.4, -0.2) is 24.6 Å². The van der Waals surface area contributed by atoms with E-state index >= 15 is 0 Å². The molecule has 0 saturated carbocycles. The lowest BCUT2D eigenvalue weighted by molar-refractivity contribution is 1.39. The molecule has 0 aromatic carbocycles. The van der Waals surface area contributed by atoms with Gasteiger partial charge in [-0.1, -0.05) is 0 Å². The molecule has 6 heavy (non-hydrogen) atoms. The molecule has 1 saturated heterocycles. The molecule has 1 heterocycles. The van der Waals surface area contributed by atoms with Gasteiger partial charge in [-0.3, -0.25) is 0 Å². The minimum absolute atomic E-state index is 0.912. The highest BCUT2D eigenvalue weighted by atomic mass is 31.1. The quantitative estimate of drug-likeness (QED) is 0.421. The molecule has 0 amide bonds. The zero-order chi connectivity index (χ0) is 4.24. The second kappa shape index (κ2) is 2.94. The third kappa shape index (κ3) is 1.54. The van der Waals surface area contributed by atoms with Crippen LogP contribution in [0.4, 0.5) is 0 Å². The molecule has 0 spiro atoms. The van der Waals surface area contributed by atoms with Gasteiger partial charge in [-0.25, -0.2) is 0 Å². The Morgan fingerprint density at radius 3 is 2.00 bits per heavy atom. The van der Waals surface area contributed by atoms with Gasteiger partial charge in [0.05, 0.1) is 12.3 Å². The highest BCUT2D eigenvalue weighted by molar-refractivity contribution is 7.46. The lowest BCUT2D eigenvalue weighted by Crippen LogP contribution is -1.92. The molecule has 1 aliphatic rings. The molecule has 0 nitrogen and oxygen atoms in total. The fraction of sp³-hybridized carbons (Fsp3) is 1.00. The van der Waals surface area contributed by atoms with Crippen LogP contribution >= 0.6 is 17.2 Å². The SMILES string of the molecule is C1C[PH2+]CCP1. The summed E-state index contributed by atoms with van der Waals surface area (Å²) in [6.07, 6.45) is 6.32. The maximum absolute atomic E-state index is 1.60. The molecule has 0 atom stereocenters. The van der Waals surface area contributed by atoms with E-state index in [9.17, 15) is 0 Å². The monoisotopic (exact) mass is 121 g/mol. The Kier molecular flexibility index (Phi) is 2.45. The number of hydrogen-bond donors (Lipinski definition) is 0. The van der Waals surface area contributed by atoms with Crippen molar-refractivity contribution in [3.05, 3.63) is 0 Å². The van der Waals surface area contributed by atoms with Gasteiger partial charge in [0.15, 0.2) is 0 Å². The van der Waals surface area contributed by atoms with E-state index in [2.05, 4.69) is 0 Å². The fourth-order valence-electron chi connectivity index (χ4n) is 0.678. The van der Waals surface area contributed by atoms with Crippen molar-refractivity contribution < 1.29 is 0 Å². The van der Waals surface area contributed by atoms with E-state index in [1.54, 1.807) is 24.6 Å². The van der Waals surface area contributed by atoms with Crippen LogP contribution in [0.25, 0.3) is 0 Å². The molecule has 0 bridgehead atoms. The zero-order valence-corrected chi connectivity index (χ0v) is 6.06. The topological polar surface area (TPSA) is 0 Å². The summed E-state index contributed by atoms with van der Waals surface area (Å²) in [4.78, 5) is 0. The van der Waals surface area contributed by atoms with Crippen LogP contribution in [-0.2, 0) is 0 Å². The zero-order valence-electron chi connectivity index (χ0n) is 3.91. The average molecular weight is 121 g/mol. The van der Waals surface area contributed by atoms with Crippen molar-refractivity contribution in [2.45, 2.75) is 0 Å². The van der Waals surface area contributed by atoms with Gasteiger partial charge in [0.25, 0.3) is 0 Å². The molecule has 36 valence electrons. The van der Waals surface area contributed by atoms with E-state index in [0.29, 0.717) is 0 Å². The lowest BCUT2D eigenvalue weighted by Gasteiger charge is -2.00. The Morgan fingerprint density at radius 2 is 1.83 bits per heavy atom. The first kappa shape index (κ1) is 5.01. The Morgan fingerprint density at radius 1 is 1.17 bits per heavy atom. The minimum atomic E-state index is 0.912. The van der Waals surface area contributed by atoms with E-state index in [-0.39, 0.29) is 0 Å². The van der Waals surface area contributed by atoms with E-state index < -0.39 is 0 Å². The second-order valence-corrected chi connectivity index (χ2v) is 4.85. The first-order chi connectivity index (χ1) is 3.00. The maximum Gasteiger partial charge on any atom is 0.0586 e. The van der Waals surface area contributed by atoms with Gasteiger partial charge in [0, 0.05) is 0 Å². The normalized spacial score (nSPS) is 32.0. The van der Waals surface area contributed by atoms with Crippen LogP contribution in [0.15, 0.2) is 0 Å². The standard InChI is InChI=1S/C4H10P2/c1-2-6-4-3-5-1/h5-6H,1-4H2/p+1. The molecule has 1 aliphatic heterocycles. The van der Waals surface area contributed by atoms with Crippen molar-refractivity contribution in [1.29, 1.82) is 0 Å². The van der Waals surface area contributed by atoms with Gasteiger partial charge in [-0.15, -0.1) is 8.58 Å². The molecule has 0 aromatic rings. The van der Waals surface area contributed by atoms with E-state index in [0.717, 1.165) is 8.58 Å². The Hall–Kier alpha value is 0.860. The van der Waals surface area contributed by atoms with Crippen molar-refractivity contribution in [2.24, 2.45) is 0 Å². The number of rotatable bonds is 0. The van der Waals surface area contributed by atoms with Crippen LogP contribution in [0.2, 0.25) is 0 Å². The van der Waals surface area contributed by atoms with Crippen LogP contribution in [0.3, 0.4) is 0 Å². The number of hydrogen-bond acceptors (Lipinski definition) is 0. The van der Waals surface area contributed by atoms with Crippen molar-refractivity contribution in [3.63, 3.8) is 0 Å². The predicted molar refractivity (Wildman–Crippen MR) is 37.5 cm³/mol. The highest BCUT2D eigenvalue weighted by Crippen LogP contribution is 2.25. The van der Waals surface area contributed by atoms with Gasteiger partial charge in [-0.05, 0) is 20.9 Å². The Bertz CT molecular complexity index is 21.0. The van der Waals surface area contributed by atoms with Crippen LogP contribution < -0.4 is 0 Å². The van der Waals surface area contributed by atoms with Gasteiger partial charge >= 0.3 is 0 Å². The summed E-state index contributed by atoms with van der Waals surface area (Å²) >= 11 is 0. The largest absolute Gasteiger partial charge is 0.115 e. The third-order valence-corrected chi connectivity index (χ3v) is 4.88.